The molecule has 0 aromatic carbocycles. The zero-order valence-electron chi connectivity index (χ0n) is 11.4. The number of hydrogen-bond acceptors (Lipinski definition) is 3. The van der Waals surface area contributed by atoms with Crippen LogP contribution in [0.2, 0.25) is 0 Å². The van der Waals surface area contributed by atoms with Crippen LogP contribution in [0.1, 0.15) is 46.0 Å². The van der Waals surface area contributed by atoms with Crippen molar-refractivity contribution in [1.82, 2.24) is 4.90 Å². The van der Waals surface area contributed by atoms with Gasteiger partial charge in [0, 0.05) is 19.7 Å². The average molecular weight is 242 g/mol. The summed E-state index contributed by atoms with van der Waals surface area (Å²) in [6.07, 6.45) is 4.97. The summed E-state index contributed by atoms with van der Waals surface area (Å²) in [6.45, 7) is 5.36. The average Bonchev–Trinajstić information content (AvgIpc) is 2.38. The predicted molar refractivity (Wildman–Crippen MR) is 68.7 cm³/mol. The minimum Gasteiger partial charge on any atom is -0.369 e. The molecule has 1 amide bonds. The summed E-state index contributed by atoms with van der Waals surface area (Å²) in [5.41, 5.74) is 4.95. The lowest BCUT2D eigenvalue weighted by Crippen LogP contribution is -2.54. The standard InChI is InChI=1S/C13H26N2O2/c1-4-13(2,17-3)12(16)15-10-6-5-7-11(15)8-9-14/h11H,4-10,14H2,1-3H3. The number of carbonyl (C=O) groups is 1. The fraction of sp³-hybridized carbons (Fsp3) is 0.923. The fourth-order valence-corrected chi connectivity index (χ4v) is 2.45. The molecule has 1 fully saturated rings. The maximum Gasteiger partial charge on any atom is 0.254 e. The first-order valence-electron chi connectivity index (χ1n) is 6.65. The van der Waals surface area contributed by atoms with E-state index >= 15 is 0 Å². The zero-order valence-corrected chi connectivity index (χ0v) is 11.4. The molecule has 4 nitrogen and oxygen atoms in total. The van der Waals surface area contributed by atoms with Gasteiger partial charge >= 0.3 is 0 Å². The number of piperidine rings is 1. The summed E-state index contributed by atoms with van der Waals surface area (Å²) in [4.78, 5) is 14.5. The normalized spacial score (nSPS) is 24.5. The third-order valence-electron chi connectivity index (χ3n) is 3.97. The molecule has 0 radical (unpaired) electrons. The molecule has 2 unspecified atom stereocenters. The Balaban J connectivity index is 2.76. The molecule has 1 aliphatic rings. The number of amides is 1. The van der Waals surface area contributed by atoms with Crippen LogP contribution in [-0.2, 0) is 9.53 Å². The number of nitrogens with two attached hydrogens (primary N) is 1. The number of hydrogen-bond donors (Lipinski definition) is 1. The highest BCUT2D eigenvalue weighted by molar-refractivity contribution is 5.85. The molecular weight excluding hydrogens is 216 g/mol. The van der Waals surface area contributed by atoms with Gasteiger partial charge in [-0.25, -0.2) is 0 Å². The Morgan fingerprint density at radius 3 is 2.76 bits per heavy atom. The Morgan fingerprint density at radius 1 is 1.53 bits per heavy atom. The van der Waals surface area contributed by atoms with Crippen LogP contribution >= 0.6 is 0 Å². The molecule has 0 aromatic heterocycles. The second kappa shape index (κ2) is 6.36. The fourth-order valence-electron chi connectivity index (χ4n) is 2.45. The van der Waals surface area contributed by atoms with Crippen molar-refractivity contribution in [2.24, 2.45) is 5.73 Å². The van der Waals surface area contributed by atoms with Gasteiger partial charge in [0.1, 0.15) is 5.60 Å². The zero-order chi connectivity index (χ0) is 12.9. The van der Waals surface area contributed by atoms with Gasteiger partial charge in [0.25, 0.3) is 5.91 Å². The lowest BCUT2D eigenvalue weighted by molar-refractivity contribution is -0.157. The van der Waals surface area contributed by atoms with Crippen molar-refractivity contribution in [3.8, 4) is 0 Å². The van der Waals surface area contributed by atoms with Crippen LogP contribution in [0.3, 0.4) is 0 Å². The van der Waals surface area contributed by atoms with Gasteiger partial charge in [-0.3, -0.25) is 4.79 Å². The molecule has 0 saturated carbocycles. The van der Waals surface area contributed by atoms with Gasteiger partial charge in [-0.2, -0.15) is 0 Å². The number of nitrogens with zero attached hydrogens (tertiary/aromatic N) is 1. The van der Waals surface area contributed by atoms with Crippen molar-refractivity contribution in [1.29, 1.82) is 0 Å². The second-order valence-corrected chi connectivity index (χ2v) is 5.01. The summed E-state index contributed by atoms with van der Waals surface area (Å²) < 4.78 is 5.41. The summed E-state index contributed by atoms with van der Waals surface area (Å²) >= 11 is 0. The van der Waals surface area contributed by atoms with Crippen molar-refractivity contribution in [2.75, 3.05) is 20.2 Å². The van der Waals surface area contributed by atoms with Crippen LogP contribution in [0.15, 0.2) is 0 Å². The van der Waals surface area contributed by atoms with Crippen LogP contribution < -0.4 is 5.73 Å². The molecule has 100 valence electrons. The lowest BCUT2D eigenvalue weighted by Gasteiger charge is -2.40. The van der Waals surface area contributed by atoms with E-state index in [9.17, 15) is 4.79 Å². The number of carbonyl (C=O) groups excluding carboxylic acids is 1. The first kappa shape index (κ1) is 14.5. The maximum absolute atomic E-state index is 12.5. The van der Waals surface area contributed by atoms with E-state index < -0.39 is 5.60 Å². The molecule has 0 aromatic rings. The summed E-state index contributed by atoms with van der Waals surface area (Å²) in [5, 5.41) is 0. The Hall–Kier alpha value is -0.610. The van der Waals surface area contributed by atoms with E-state index in [0.717, 1.165) is 25.8 Å². The third kappa shape index (κ3) is 3.19. The van der Waals surface area contributed by atoms with Gasteiger partial charge < -0.3 is 15.4 Å². The number of methoxy groups -OCH3 is 1. The van der Waals surface area contributed by atoms with Crippen molar-refractivity contribution < 1.29 is 9.53 Å². The van der Waals surface area contributed by atoms with Crippen LogP contribution in [0.4, 0.5) is 0 Å². The van der Waals surface area contributed by atoms with Gasteiger partial charge in [0.05, 0.1) is 0 Å². The lowest BCUT2D eigenvalue weighted by atomic mass is 9.94. The molecule has 0 aliphatic carbocycles. The Kier molecular flexibility index (Phi) is 5.40. The van der Waals surface area contributed by atoms with Crippen LogP contribution in [0.5, 0.6) is 0 Å². The van der Waals surface area contributed by atoms with E-state index in [2.05, 4.69) is 0 Å². The van der Waals surface area contributed by atoms with E-state index in [-0.39, 0.29) is 5.91 Å². The highest BCUT2D eigenvalue weighted by Crippen LogP contribution is 2.25. The number of likely N-dealkylation sites (tertiary alicyclic amines) is 1. The highest BCUT2D eigenvalue weighted by Gasteiger charge is 2.38. The molecule has 1 aliphatic heterocycles. The topological polar surface area (TPSA) is 55.6 Å². The third-order valence-corrected chi connectivity index (χ3v) is 3.97. The van der Waals surface area contributed by atoms with E-state index in [4.69, 9.17) is 10.5 Å². The molecule has 0 bridgehead atoms. The second-order valence-electron chi connectivity index (χ2n) is 5.01. The minimum atomic E-state index is -0.676. The molecule has 4 heteroatoms. The van der Waals surface area contributed by atoms with Crippen molar-refractivity contribution >= 4 is 5.91 Å². The van der Waals surface area contributed by atoms with E-state index in [1.807, 2.05) is 18.7 Å². The summed E-state index contributed by atoms with van der Waals surface area (Å²) in [5.74, 6) is 0.126. The smallest absolute Gasteiger partial charge is 0.254 e. The van der Waals surface area contributed by atoms with E-state index in [1.54, 1.807) is 7.11 Å². The van der Waals surface area contributed by atoms with Crippen molar-refractivity contribution in [3.05, 3.63) is 0 Å². The van der Waals surface area contributed by atoms with E-state index in [1.165, 1.54) is 6.42 Å². The van der Waals surface area contributed by atoms with Gasteiger partial charge in [0.2, 0.25) is 0 Å². The SMILES string of the molecule is CCC(C)(OC)C(=O)N1CCCCC1CCN. The monoisotopic (exact) mass is 242 g/mol. The predicted octanol–water partition coefficient (Wildman–Crippen LogP) is 1.53. The summed E-state index contributed by atoms with van der Waals surface area (Å²) in [7, 11) is 1.61. The van der Waals surface area contributed by atoms with Gasteiger partial charge in [-0.05, 0) is 45.6 Å². The minimum absolute atomic E-state index is 0.126. The molecule has 0 spiro atoms. The number of ether oxygens (including phenoxy) is 1. The summed E-state index contributed by atoms with van der Waals surface area (Å²) in [6, 6.07) is 0.308. The largest absolute Gasteiger partial charge is 0.369 e. The van der Waals surface area contributed by atoms with Crippen molar-refractivity contribution in [2.45, 2.75) is 57.6 Å². The molecule has 17 heavy (non-hydrogen) atoms. The van der Waals surface area contributed by atoms with Gasteiger partial charge in [-0.15, -0.1) is 0 Å². The van der Waals surface area contributed by atoms with Crippen LogP contribution in [-0.4, -0.2) is 42.6 Å². The molecule has 2 atom stereocenters. The van der Waals surface area contributed by atoms with Crippen LogP contribution in [0.25, 0.3) is 0 Å². The Labute approximate surface area is 104 Å². The molecule has 1 heterocycles. The van der Waals surface area contributed by atoms with Gasteiger partial charge in [0.15, 0.2) is 0 Å². The van der Waals surface area contributed by atoms with Crippen LogP contribution in [0, 0.1) is 0 Å². The molecular formula is C13H26N2O2. The quantitative estimate of drug-likeness (QED) is 0.795. The molecule has 1 rings (SSSR count). The number of rotatable bonds is 5. The first-order chi connectivity index (χ1) is 8.09. The maximum atomic E-state index is 12.5. The van der Waals surface area contributed by atoms with E-state index in [0.29, 0.717) is 19.0 Å². The van der Waals surface area contributed by atoms with Gasteiger partial charge in [-0.1, -0.05) is 6.92 Å². The highest BCUT2D eigenvalue weighted by atomic mass is 16.5. The molecule has 1 saturated heterocycles. The Bertz CT molecular complexity index is 250. The Morgan fingerprint density at radius 2 is 2.24 bits per heavy atom. The first-order valence-corrected chi connectivity index (χ1v) is 6.65. The van der Waals surface area contributed by atoms with Crippen molar-refractivity contribution in [3.63, 3.8) is 0 Å². The molecule has 2 N–H and O–H groups in total.